The second-order valence-corrected chi connectivity index (χ2v) is 8.27. The number of anilines is 1. The third kappa shape index (κ3) is 4.07. The maximum absolute atomic E-state index is 12.5. The normalized spacial score (nSPS) is 11.1. The van der Waals surface area contributed by atoms with E-state index >= 15 is 0 Å². The van der Waals surface area contributed by atoms with E-state index in [1.807, 2.05) is 60.7 Å². The summed E-state index contributed by atoms with van der Waals surface area (Å²) in [6.07, 6.45) is 0. The Morgan fingerprint density at radius 2 is 1.79 bits per heavy atom. The molecule has 1 N–H and O–H groups in total. The number of carbonyl (C=O) groups is 1. The molecule has 140 valence electrons. The van der Waals surface area contributed by atoms with Gasteiger partial charge in [-0.2, -0.15) is 0 Å². The number of fused-ring (bicyclic) bond motifs is 1. The van der Waals surface area contributed by atoms with Crippen LogP contribution >= 0.6 is 11.8 Å². The number of thioether (sulfide) groups is 1. The number of carbonyl (C=O) groups excluding carboxylic acids is 1. The first-order valence-corrected chi connectivity index (χ1v) is 9.87. The molecule has 28 heavy (non-hydrogen) atoms. The molecule has 0 bridgehead atoms. The van der Waals surface area contributed by atoms with Gasteiger partial charge in [0.05, 0.1) is 0 Å². The van der Waals surface area contributed by atoms with Crippen molar-refractivity contribution in [1.29, 1.82) is 0 Å². The smallest absolute Gasteiger partial charge is 0.322 e. The summed E-state index contributed by atoms with van der Waals surface area (Å²) in [4.78, 5) is 13.7. The zero-order chi connectivity index (χ0) is 19.5. The zero-order valence-corrected chi connectivity index (χ0v) is 16.4. The molecule has 0 unspecified atom stereocenters. The van der Waals surface area contributed by atoms with Gasteiger partial charge in [0, 0.05) is 21.3 Å². The van der Waals surface area contributed by atoms with Gasteiger partial charge in [-0.15, -0.1) is 16.9 Å². The molecule has 0 fully saturated rings. The van der Waals surface area contributed by atoms with Gasteiger partial charge in [0.1, 0.15) is 0 Å². The van der Waals surface area contributed by atoms with Crippen molar-refractivity contribution >= 4 is 34.5 Å². The second kappa shape index (κ2) is 7.86. The maximum Gasteiger partial charge on any atom is 0.322 e. The molecular formula is C22H19N3O2S. The van der Waals surface area contributed by atoms with Gasteiger partial charge in [0.25, 0.3) is 5.91 Å². The molecule has 3 aromatic carbocycles. The molecule has 4 rings (SSSR count). The maximum atomic E-state index is 12.5. The number of hydrogen-bond acceptors (Lipinski definition) is 5. The van der Waals surface area contributed by atoms with Crippen molar-refractivity contribution in [2.24, 2.45) is 0 Å². The van der Waals surface area contributed by atoms with Crippen molar-refractivity contribution in [3.05, 3.63) is 72.3 Å². The molecule has 0 aliphatic carbocycles. The summed E-state index contributed by atoms with van der Waals surface area (Å²) in [5.41, 5.74) is 1.36. The Labute approximate surface area is 167 Å². The molecule has 5 nitrogen and oxygen atoms in total. The molecule has 0 aliphatic heterocycles. The van der Waals surface area contributed by atoms with Crippen molar-refractivity contribution in [2.45, 2.75) is 24.0 Å². The Morgan fingerprint density at radius 1 is 0.964 bits per heavy atom. The number of rotatable bonds is 5. The summed E-state index contributed by atoms with van der Waals surface area (Å²) in [6.45, 7) is 4.29. The highest BCUT2D eigenvalue weighted by Crippen LogP contribution is 2.28. The van der Waals surface area contributed by atoms with Crippen LogP contribution in [0.15, 0.2) is 76.0 Å². The number of nitrogens with zero attached hydrogens (tertiary/aromatic N) is 2. The van der Waals surface area contributed by atoms with E-state index in [1.165, 1.54) is 0 Å². The van der Waals surface area contributed by atoms with E-state index in [1.54, 1.807) is 17.8 Å². The molecule has 0 saturated heterocycles. The first-order valence-electron chi connectivity index (χ1n) is 8.99. The van der Waals surface area contributed by atoms with Gasteiger partial charge in [-0.3, -0.25) is 10.1 Å². The third-order valence-electron chi connectivity index (χ3n) is 4.11. The lowest BCUT2D eigenvalue weighted by atomic mass is 10.1. The monoisotopic (exact) mass is 389 g/mol. The molecule has 0 saturated carbocycles. The molecule has 4 aromatic rings. The summed E-state index contributed by atoms with van der Waals surface area (Å²) in [7, 11) is 0. The van der Waals surface area contributed by atoms with Crippen LogP contribution < -0.4 is 5.32 Å². The van der Waals surface area contributed by atoms with Gasteiger partial charge in [-0.25, -0.2) is 0 Å². The van der Waals surface area contributed by atoms with E-state index in [0.717, 1.165) is 21.2 Å². The van der Waals surface area contributed by atoms with Crippen molar-refractivity contribution in [2.75, 3.05) is 5.32 Å². The quantitative estimate of drug-likeness (QED) is 0.447. The minimum absolute atomic E-state index is 0.0788. The third-order valence-corrected chi connectivity index (χ3v) is 5.11. The first kappa shape index (κ1) is 18.3. The van der Waals surface area contributed by atoms with Crippen LogP contribution in [0.25, 0.3) is 22.2 Å². The topological polar surface area (TPSA) is 68.0 Å². The Bertz CT molecular complexity index is 1140. The standard InChI is InChI=1S/C22H19N3O2S/c1-14(2)28-19-9-5-8-18(13-19)21-24-25-22(27-21)23-20(26)17-11-10-15-6-3-4-7-16(15)12-17/h3-14H,1-2H3,(H,23,25,26). The molecule has 6 heteroatoms. The fourth-order valence-corrected chi connectivity index (χ4v) is 3.76. The summed E-state index contributed by atoms with van der Waals surface area (Å²) in [5.74, 6) is 0.0880. The lowest BCUT2D eigenvalue weighted by Gasteiger charge is -2.05. The van der Waals surface area contributed by atoms with Crippen LogP contribution in [0.5, 0.6) is 0 Å². The van der Waals surface area contributed by atoms with E-state index in [-0.39, 0.29) is 11.9 Å². The van der Waals surface area contributed by atoms with E-state index in [2.05, 4.69) is 29.4 Å². The molecular weight excluding hydrogens is 370 g/mol. The lowest BCUT2D eigenvalue weighted by Crippen LogP contribution is -2.12. The summed E-state index contributed by atoms with van der Waals surface area (Å²) >= 11 is 1.76. The van der Waals surface area contributed by atoms with Crippen molar-refractivity contribution in [3.8, 4) is 11.5 Å². The van der Waals surface area contributed by atoms with Gasteiger partial charge in [0.2, 0.25) is 5.89 Å². The van der Waals surface area contributed by atoms with Crippen LogP contribution in [-0.4, -0.2) is 21.4 Å². The fourth-order valence-electron chi connectivity index (χ4n) is 2.86. The highest BCUT2D eigenvalue weighted by Gasteiger charge is 2.14. The number of nitrogens with one attached hydrogen (secondary N) is 1. The van der Waals surface area contributed by atoms with Gasteiger partial charge in [-0.05, 0) is 41.1 Å². The molecule has 1 amide bonds. The Morgan fingerprint density at radius 3 is 2.61 bits per heavy atom. The molecule has 1 aromatic heterocycles. The van der Waals surface area contributed by atoms with Gasteiger partial charge in [-0.1, -0.05) is 55.3 Å². The average molecular weight is 389 g/mol. The molecule has 0 spiro atoms. The molecule has 1 heterocycles. The minimum atomic E-state index is -0.287. The number of hydrogen-bond donors (Lipinski definition) is 1. The van der Waals surface area contributed by atoms with Crippen molar-refractivity contribution in [3.63, 3.8) is 0 Å². The fraction of sp³-hybridized carbons (Fsp3) is 0.136. The van der Waals surface area contributed by atoms with Crippen LogP contribution in [0, 0.1) is 0 Å². The minimum Gasteiger partial charge on any atom is -0.403 e. The summed E-state index contributed by atoms with van der Waals surface area (Å²) in [5, 5.41) is 13.3. The zero-order valence-electron chi connectivity index (χ0n) is 15.5. The van der Waals surface area contributed by atoms with Crippen LogP contribution in [-0.2, 0) is 0 Å². The van der Waals surface area contributed by atoms with Gasteiger partial charge >= 0.3 is 6.01 Å². The van der Waals surface area contributed by atoms with Crippen molar-refractivity contribution < 1.29 is 9.21 Å². The number of benzene rings is 3. The Balaban J connectivity index is 1.52. The van der Waals surface area contributed by atoms with E-state index in [9.17, 15) is 4.79 Å². The van der Waals surface area contributed by atoms with Crippen LogP contribution in [0.2, 0.25) is 0 Å². The SMILES string of the molecule is CC(C)Sc1cccc(-c2nnc(NC(=O)c3ccc4ccccc4c3)o2)c1. The van der Waals surface area contributed by atoms with E-state index in [0.29, 0.717) is 16.7 Å². The molecule has 0 radical (unpaired) electrons. The van der Waals surface area contributed by atoms with Crippen LogP contribution in [0.4, 0.5) is 6.01 Å². The Hall–Kier alpha value is -3.12. The largest absolute Gasteiger partial charge is 0.403 e. The predicted molar refractivity (Wildman–Crippen MR) is 113 cm³/mol. The predicted octanol–water partition coefficient (Wildman–Crippen LogP) is 5.64. The van der Waals surface area contributed by atoms with Gasteiger partial charge in [0.15, 0.2) is 0 Å². The lowest BCUT2D eigenvalue weighted by molar-refractivity contribution is 0.102. The highest BCUT2D eigenvalue weighted by molar-refractivity contribution is 7.99. The summed E-state index contributed by atoms with van der Waals surface area (Å²) < 4.78 is 5.65. The van der Waals surface area contributed by atoms with Crippen LogP contribution in [0.3, 0.4) is 0 Å². The molecule has 0 aliphatic rings. The molecule has 0 atom stereocenters. The number of amides is 1. The summed E-state index contributed by atoms with van der Waals surface area (Å²) in [6, 6.07) is 21.4. The average Bonchev–Trinajstić information content (AvgIpc) is 3.16. The van der Waals surface area contributed by atoms with Crippen molar-refractivity contribution in [1.82, 2.24) is 10.2 Å². The Kier molecular flexibility index (Phi) is 5.12. The number of aromatic nitrogens is 2. The van der Waals surface area contributed by atoms with Crippen LogP contribution in [0.1, 0.15) is 24.2 Å². The van der Waals surface area contributed by atoms with E-state index in [4.69, 9.17) is 4.42 Å². The van der Waals surface area contributed by atoms with Gasteiger partial charge < -0.3 is 4.42 Å². The van der Waals surface area contributed by atoms with E-state index < -0.39 is 0 Å². The highest BCUT2D eigenvalue weighted by atomic mass is 32.2. The first-order chi connectivity index (χ1) is 13.6. The second-order valence-electron chi connectivity index (χ2n) is 6.62.